The van der Waals surface area contributed by atoms with Crippen molar-refractivity contribution in [3.63, 3.8) is 0 Å². The van der Waals surface area contributed by atoms with E-state index in [1.807, 2.05) is 0 Å². The normalized spacial score (nSPS) is 20.3. The van der Waals surface area contributed by atoms with Crippen molar-refractivity contribution in [1.82, 2.24) is 0 Å². The van der Waals surface area contributed by atoms with Crippen molar-refractivity contribution in [3.8, 4) is 0 Å². The van der Waals surface area contributed by atoms with Crippen molar-refractivity contribution in [2.75, 3.05) is 6.61 Å². The third-order valence-electron chi connectivity index (χ3n) is 0.917. The van der Waals surface area contributed by atoms with Crippen LogP contribution in [0.4, 0.5) is 0 Å². The summed E-state index contributed by atoms with van der Waals surface area (Å²) in [6.07, 6.45) is 3.67. The van der Waals surface area contributed by atoms with Crippen LogP contribution in [0, 0.1) is 0 Å². The second kappa shape index (κ2) is 1.87. The predicted molar refractivity (Wildman–Crippen MR) is 25.9 cm³/mol. The zero-order valence-electron chi connectivity index (χ0n) is 4.05. The largest absolute Gasteiger partial charge is 0.481 e. The number of rotatable bonds is 0. The van der Waals surface area contributed by atoms with Gasteiger partial charge in [-0.05, 0) is 18.9 Å². The van der Waals surface area contributed by atoms with Gasteiger partial charge in [-0.15, -0.1) is 0 Å². The highest BCUT2D eigenvalue weighted by molar-refractivity contribution is 4.84. The number of ether oxygens (including phenoxy) is 1. The standard InChI is InChI=1S/C5H8O2/c6-5-3-1-2-4-7-5/h3,6H,1-2,4H2. The molecule has 0 atom stereocenters. The van der Waals surface area contributed by atoms with Crippen LogP contribution in [0.15, 0.2) is 12.0 Å². The highest BCUT2D eigenvalue weighted by Crippen LogP contribution is 2.04. The lowest BCUT2D eigenvalue weighted by Crippen LogP contribution is -1.98. The molecule has 0 aromatic rings. The maximum Gasteiger partial charge on any atom is 0.272 e. The van der Waals surface area contributed by atoms with Gasteiger partial charge in [-0.25, -0.2) is 0 Å². The van der Waals surface area contributed by atoms with Crippen LogP contribution in [0.25, 0.3) is 0 Å². The lowest BCUT2D eigenvalue weighted by molar-refractivity contribution is 0.0794. The fourth-order valence-corrected chi connectivity index (χ4v) is 0.545. The molecule has 0 unspecified atom stereocenters. The Morgan fingerprint density at radius 1 is 1.71 bits per heavy atom. The summed E-state index contributed by atoms with van der Waals surface area (Å²) in [4.78, 5) is 0. The van der Waals surface area contributed by atoms with Gasteiger partial charge < -0.3 is 9.84 Å². The van der Waals surface area contributed by atoms with E-state index in [0.717, 1.165) is 12.8 Å². The van der Waals surface area contributed by atoms with Gasteiger partial charge in [0, 0.05) is 0 Å². The van der Waals surface area contributed by atoms with Crippen molar-refractivity contribution < 1.29 is 9.84 Å². The second-order valence-electron chi connectivity index (χ2n) is 1.53. The van der Waals surface area contributed by atoms with E-state index in [9.17, 15) is 0 Å². The summed E-state index contributed by atoms with van der Waals surface area (Å²) in [5.41, 5.74) is 0. The number of allylic oxidation sites excluding steroid dienone is 1. The molecule has 2 heteroatoms. The van der Waals surface area contributed by atoms with Crippen molar-refractivity contribution in [2.45, 2.75) is 12.8 Å². The van der Waals surface area contributed by atoms with Crippen LogP contribution in [0.2, 0.25) is 0 Å². The first-order valence-corrected chi connectivity index (χ1v) is 2.41. The minimum Gasteiger partial charge on any atom is -0.481 e. The van der Waals surface area contributed by atoms with Crippen LogP contribution < -0.4 is 0 Å². The van der Waals surface area contributed by atoms with E-state index in [4.69, 9.17) is 9.84 Å². The molecular formula is C5H8O2. The average molecular weight is 100 g/mol. The molecule has 0 spiro atoms. The lowest BCUT2D eigenvalue weighted by atomic mass is 10.3. The van der Waals surface area contributed by atoms with Crippen molar-refractivity contribution in [2.24, 2.45) is 0 Å². The van der Waals surface area contributed by atoms with Gasteiger partial charge >= 0.3 is 0 Å². The number of aliphatic hydroxyl groups excluding tert-OH is 1. The monoisotopic (exact) mass is 100 g/mol. The molecule has 1 N–H and O–H groups in total. The van der Waals surface area contributed by atoms with E-state index in [0.29, 0.717) is 6.61 Å². The van der Waals surface area contributed by atoms with E-state index in [1.54, 1.807) is 6.08 Å². The molecule has 0 aliphatic carbocycles. The summed E-state index contributed by atoms with van der Waals surface area (Å²) in [6.45, 7) is 0.669. The summed E-state index contributed by atoms with van der Waals surface area (Å²) < 4.78 is 4.69. The summed E-state index contributed by atoms with van der Waals surface area (Å²) >= 11 is 0. The molecule has 7 heavy (non-hydrogen) atoms. The molecule has 0 aromatic heterocycles. The van der Waals surface area contributed by atoms with Gasteiger partial charge in [0.2, 0.25) is 0 Å². The number of aliphatic hydroxyl groups is 1. The van der Waals surface area contributed by atoms with Crippen LogP contribution in [0.5, 0.6) is 0 Å². The molecule has 40 valence electrons. The molecule has 1 rings (SSSR count). The Balaban J connectivity index is 2.40. The summed E-state index contributed by atoms with van der Waals surface area (Å²) in [7, 11) is 0. The Kier molecular flexibility index (Phi) is 1.20. The van der Waals surface area contributed by atoms with Crippen LogP contribution >= 0.6 is 0 Å². The van der Waals surface area contributed by atoms with Gasteiger partial charge in [0.05, 0.1) is 6.61 Å². The van der Waals surface area contributed by atoms with Gasteiger partial charge in [-0.2, -0.15) is 0 Å². The Morgan fingerprint density at radius 2 is 2.57 bits per heavy atom. The molecule has 0 bridgehead atoms. The average Bonchev–Trinajstić information content (AvgIpc) is 1.69. The molecule has 1 aliphatic heterocycles. The Hall–Kier alpha value is -0.660. The van der Waals surface area contributed by atoms with Gasteiger partial charge in [0.15, 0.2) is 0 Å². The van der Waals surface area contributed by atoms with Crippen LogP contribution in [0.3, 0.4) is 0 Å². The minimum absolute atomic E-state index is 0.0891. The second-order valence-corrected chi connectivity index (χ2v) is 1.53. The Morgan fingerprint density at radius 3 is 2.86 bits per heavy atom. The molecule has 0 aromatic carbocycles. The van der Waals surface area contributed by atoms with Gasteiger partial charge in [-0.3, -0.25) is 0 Å². The first-order chi connectivity index (χ1) is 3.39. The van der Waals surface area contributed by atoms with E-state index < -0.39 is 0 Å². The van der Waals surface area contributed by atoms with Crippen LogP contribution in [-0.2, 0) is 4.74 Å². The van der Waals surface area contributed by atoms with E-state index in [-0.39, 0.29) is 5.95 Å². The zero-order chi connectivity index (χ0) is 5.11. The van der Waals surface area contributed by atoms with Gasteiger partial charge in [-0.1, -0.05) is 0 Å². The maximum absolute atomic E-state index is 8.55. The molecule has 0 amide bonds. The smallest absolute Gasteiger partial charge is 0.272 e. The SMILES string of the molecule is OC1=CCCCO1. The predicted octanol–water partition coefficient (Wildman–Crippen LogP) is 1.20. The summed E-state index contributed by atoms with van der Waals surface area (Å²) in [5, 5.41) is 8.55. The summed E-state index contributed by atoms with van der Waals surface area (Å²) in [6, 6.07) is 0. The minimum atomic E-state index is 0.0891. The number of hydrogen-bond donors (Lipinski definition) is 1. The van der Waals surface area contributed by atoms with E-state index >= 15 is 0 Å². The third-order valence-corrected chi connectivity index (χ3v) is 0.917. The molecule has 0 saturated heterocycles. The highest BCUT2D eigenvalue weighted by Gasteiger charge is 1.97. The van der Waals surface area contributed by atoms with Crippen LogP contribution in [0.1, 0.15) is 12.8 Å². The first-order valence-electron chi connectivity index (χ1n) is 2.41. The van der Waals surface area contributed by atoms with Gasteiger partial charge in [0.25, 0.3) is 5.95 Å². The van der Waals surface area contributed by atoms with Crippen molar-refractivity contribution in [3.05, 3.63) is 12.0 Å². The third kappa shape index (κ3) is 1.11. The van der Waals surface area contributed by atoms with Crippen LogP contribution in [-0.4, -0.2) is 11.7 Å². The molecule has 0 fully saturated rings. The van der Waals surface area contributed by atoms with Crippen molar-refractivity contribution >= 4 is 0 Å². The Bertz CT molecular complexity index is 86.1. The fourth-order valence-electron chi connectivity index (χ4n) is 0.545. The van der Waals surface area contributed by atoms with Crippen molar-refractivity contribution in [1.29, 1.82) is 0 Å². The van der Waals surface area contributed by atoms with Gasteiger partial charge in [0.1, 0.15) is 0 Å². The molecule has 1 aliphatic rings. The Labute approximate surface area is 42.4 Å². The molecule has 0 radical (unpaired) electrons. The fraction of sp³-hybridized carbons (Fsp3) is 0.600. The quantitative estimate of drug-likeness (QED) is 0.495. The van der Waals surface area contributed by atoms with E-state index in [1.165, 1.54) is 0 Å². The molecule has 1 heterocycles. The first kappa shape index (κ1) is 4.50. The maximum atomic E-state index is 8.55. The molecular weight excluding hydrogens is 92.1 g/mol. The number of hydrogen-bond acceptors (Lipinski definition) is 2. The molecule has 2 nitrogen and oxygen atoms in total. The molecule has 0 saturated carbocycles. The topological polar surface area (TPSA) is 29.5 Å². The zero-order valence-corrected chi connectivity index (χ0v) is 4.05. The lowest BCUT2D eigenvalue weighted by Gasteiger charge is -2.07. The highest BCUT2D eigenvalue weighted by atomic mass is 16.6. The summed E-state index contributed by atoms with van der Waals surface area (Å²) in [5.74, 6) is 0.0891. The van der Waals surface area contributed by atoms with E-state index in [2.05, 4.69) is 0 Å².